The lowest BCUT2D eigenvalue weighted by Gasteiger charge is -2.30. The Hall–Kier alpha value is -1.39. The summed E-state index contributed by atoms with van der Waals surface area (Å²) in [6.45, 7) is 6.56. The molecular weight excluding hydrogens is 262 g/mol. The van der Waals surface area contributed by atoms with Crippen LogP contribution in [-0.2, 0) is 11.2 Å². The predicted molar refractivity (Wildman–Crippen MR) is 85.7 cm³/mol. The number of fused-ring (bicyclic) bond motifs is 1. The van der Waals surface area contributed by atoms with E-state index in [0.29, 0.717) is 6.42 Å². The van der Waals surface area contributed by atoms with Gasteiger partial charge in [0, 0.05) is 44.8 Å². The molecule has 0 bridgehead atoms. The van der Waals surface area contributed by atoms with Crippen molar-refractivity contribution in [3.8, 4) is 0 Å². The van der Waals surface area contributed by atoms with Crippen LogP contribution in [0.2, 0.25) is 0 Å². The number of aryl methyl sites for hydroxylation is 1. The molecule has 2 aliphatic rings. The maximum absolute atomic E-state index is 12.2. The molecule has 1 aromatic rings. The summed E-state index contributed by atoms with van der Waals surface area (Å²) in [5.74, 6) is 0.288. The highest BCUT2D eigenvalue weighted by Gasteiger charge is 2.23. The summed E-state index contributed by atoms with van der Waals surface area (Å²) < 4.78 is 0. The summed E-state index contributed by atoms with van der Waals surface area (Å²) in [7, 11) is 0. The van der Waals surface area contributed by atoms with Crippen molar-refractivity contribution in [3.63, 3.8) is 0 Å². The number of amides is 1. The average Bonchev–Trinajstić information content (AvgIpc) is 2.54. The minimum absolute atomic E-state index is 0.288. The maximum atomic E-state index is 12.2. The molecule has 21 heavy (non-hydrogen) atoms. The van der Waals surface area contributed by atoms with Gasteiger partial charge < -0.3 is 15.1 Å². The number of nitrogens with zero attached hydrogens (tertiary/aromatic N) is 2. The lowest BCUT2D eigenvalue weighted by Crippen LogP contribution is -2.44. The number of rotatable bonds is 5. The lowest BCUT2D eigenvalue weighted by atomic mass is 10.0. The van der Waals surface area contributed by atoms with E-state index >= 15 is 0 Å². The highest BCUT2D eigenvalue weighted by molar-refractivity contribution is 5.96. The number of anilines is 1. The number of hydrogen-bond acceptors (Lipinski definition) is 3. The Morgan fingerprint density at radius 3 is 2.62 bits per heavy atom. The molecule has 4 heteroatoms. The Balaban J connectivity index is 1.49. The summed E-state index contributed by atoms with van der Waals surface area (Å²) in [4.78, 5) is 16.7. The zero-order valence-corrected chi connectivity index (χ0v) is 12.7. The van der Waals surface area contributed by atoms with Crippen LogP contribution in [0.25, 0.3) is 0 Å². The van der Waals surface area contributed by atoms with Crippen LogP contribution in [-0.4, -0.2) is 50.1 Å². The third-order valence-electron chi connectivity index (χ3n) is 4.51. The first-order valence-electron chi connectivity index (χ1n) is 8.16. The molecule has 0 radical (unpaired) electrons. The number of piperazine rings is 1. The molecule has 2 heterocycles. The minimum Gasteiger partial charge on any atom is -0.314 e. The topological polar surface area (TPSA) is 35.6 Å². The van der Waals surface area contributed by atoms with E-state index in [0.717, 1.165) is 57.8 Å². The first-order valence-corrected chi connectivity index (χ1v) is 8.16. The highest BCUT2D eigenvalue weighted by atomic mass is 16.2. The number of benzene rings is 1. The minimum atomic E-state index is 0.288. The second-order valence-corrected chi connectivity index (χ2v) is 5.97. The van der Waals surface area contributed by atoms with E-state index in [1.165, 1.54) is 12.0 Å². The first-order chi connectivity index (χ1) is 10.3. The van der Waals surface area contributed by atoms with Crippen LogP contribution in [0.4, 0.5) is 5.69 Å². The van der Waals surface area contributed by atoms with Crippen molar-refractivity contribution in [2.24, 2.45) is 0 Å². The third-order valence-corrected chi connectivity index (χ3v) is 4.51. The van der Waals surface area contributed by atoms with Gasteiger partial charge in [-0.1, -0.05) is 18.2 Å². The number of para-hydroxylation sites is 1. The fourth-order valence-corrected chi connectivity index (χ4v) is 3.28. The van der Waals surface area contributed by atoms with Crippen LogP contribution in [0.15, 0.2) is 24.3 Å². The van der Waals surface area contributed by atoms with Crippen molar-refractivity contribution in [2.45, 2.75) is 25.7 Å². The van der Waals surface area contributed by atoms with Crippen molar-refractivity contribution >= 4 is 11.6 Å². The molecule has 1 saturated heterocycles. The number of hydrogen-bond donors (Lipinski definition) is 1. The van der Waals surface area contributed by atoms with E-state index < -0.39 is 0 Å². The van der Waals surface area contributed by atoms with Crippen LogP contribution < -0.4 is 10.2 Å². The van der Waals surface area contributed by atoms with Crippen LogP contribution in [0.3, 0.4) is 0 Å². The summed E-state index contributed by atoms with van der Waals surface area (Å²) in [6.07, 6.45) is 3.82. The number of unbranched alkanes of at least 4 members (excludes halogenated alkanes) is 1. The van der Waals surface area contributed by atoms with Gasteiger partial charge in [-0.3, -0.25) is 4.79 Å². The van der Waals surface area contributed by atoms with Crippen molar-refractivity contribution < 1.29 is 4.79 Å². The van der Waals surface area contributed by atoms with E-state index in [9.17, 15) is 4.79 Å². The van der Waals surface area contributed by atoms with Gasteiger partial charge in [0.1, 0.15) is 0 Å². The Morgan fingerprint density at radius 2 is 1.76 bits per heavy atom. The molecule has 0 spiro atoms. The Kier molecular flexibility index (Phi) is 4.88. The number of nitrogens with one attached hydrogen (secondary N) is 1. The molecule has 4 nitrogen and oxygen atoms in total. The molecule has 0 aliphatic carbocycles. The van der Waals surface area contributed by atoms with Crippen molar-refractivity contribution in [3.05, 3.63) is 29.8 Å². The molecule has 0 aromatic heterocycles. The number of carbonyl (C=O) groups is 1. The molecule has 0 atom stereocenters. The largest absolute Gasteiger partial charge is 0.314 e. The van der Waals surface area contributed by atoms with Crippen LogP contribution >= 0.6 is 0 Å². The summed E-state index contributed by atoms with van der Waals surface area (Å²) in [6, 6.07) is 8.33. The van der Waals surface area contributed by atoms with E-state index in [2.05, 4.69) is 28.4 Å². The lowest BCUT2D eigenvalue weighted by molar-refractivity contribution is -0.118. The van der Waals surface area contributed by atoms with Gasteiger partial charge in [-0.15, -0.1) is 0 Å². The molecule has 0 saturated carbocycles. The Morgan fingerprint density at radius 1 is 1.00 bits per heavy atom. The zero-order chi connectivity index (χ0) is 14.5. The van der Waals surface area contributed by atoms with E-state index in [-0.39, 0.29) is 5.91 Å². The van der Waals surface area contributed by atoms with Gasteiger partial charge in [0.05, 0.1) is 0 Å². The van der Waals surface area contributed by atoms with Gasteiger partial charge >= 0.3 is 0 Å². The molecule has 114 valence electrons. The second kappa shape index (κ2) is 7.05. The zero-order valence-electron chi connectivity index (χ0n) is 12.7. The first kappa shape index (κ1) is 14.5. The van der Waals surface area contributed by atoms with Gasteiger partial charge in [-0.2, -0.15) is 0 Å². The van der Waals surface area contributed by atoms with Gasteiger partial charge in [-0.05, 0) is 37.4 Å². The molecule has 0 unspecified atom stereocenters. The monoisotopic (exact) mass is 287 g/mol. The van der Waals surface area contributed by atoms with Gasteiger partial charge in [0.25, 0.3) is 0 Å². The van der Waals surface area contributed by atoms with E-state index in [1.54, 1.807) is 0 Å². The van der Waals surface area contributed by atoms with Gasteiger partial charge in [0.2, 0.25) is 5.91 Å². The maximum Gasteiger partial charge on any atom is 0.227 e. The smallest absolute Gasteiger partial charge is 0.227 e. The molecule has 3 rings (SSSR count). The number of carbonyl (C=O) groups excluding carboxylic acids is 1. The Labute approximate surface area is 127 Å². The molecule has 2 aliphatic heterocycles. The van der Waals surface area contributed by atoms with Crippen LogP contribution in [0, 0.1) is 0 Å². The summed E-state index contributed by atoms with van der Waals surface area (Å²) in [5, 5.41) is 3.38. The highest BCUT2D eigenvalue weighted by Crippen LogP contribution is 2.27. The second-order valence-electron chi connectivity index (χ2n) is 5.97. The van der Waals surface area contributed by atoms with E-state index in [1.807, 2.05) is 11.0 Å². The van der Waals surface area contributed by atoms with Crippen LogP contribution in [0.1, 0.15) is 24.8 Å². The van der Waals surface area contributed by atoms with Crippen molar-refractivity contribution in [2.75, 3.05) is 44.2 Å². The van der Waals surface area contributed by atoms with Crippen LogP contribution in [0.5, 0.6) is 0 Å². The molecular formula is C17H25N3O. The summed E-state index contributed by atoms with van der Waals surface area (Å²) >= 11 is 0. The standard InChI is InChI=1S/C17H25N3O/c21-17-8-7-15-5-1-2-6-16(15)20(17)12-4-3-11-19-13-9-18-10-14-19/h1-2,5-6,18H,3-4,7-14H2. The average molecular weight is 287 g/mol. The Bertz CT molecular complexity index is 483. The quantitative estimate of drug-likeness (QED) is 0.837. The molecule has 1 aromatic carbocycles. The fourth-order valence-electron chi connectivity index (χ4n) is 3.28. The third kappa shape index (κ3) is 3.63. The normalized spacial score (nSPS) is 19.6. The molecule has 1 N–H and O–H groups in total. The van der Waals surface area contributed by atoms with E-state index in [4.69, 9.17) is 0 Å². The van der Waals surface area contributed by atoms with Crippen molar-refractivity contribution in [1.82, 2.24) is 10.2 Å². The van der Waals surface area contributed by atoms with Gasteiger partial charge in [0.15, 0.2) is 0 Å². The van der Waals surface area contributed by atoms with Crippen molar-refractivity contribution in [1.29, 1.82) is 0 Å². The predicted octanol–water partition coefficient (Wildman–Crippen LogP) is 1.65. The SMILES string of the molecule is O=C1CCc2ccccc2N1CCCCN1CCNCC1. The fraction of sp³-hybridized carbons (Fsp3) is 0.588. The van der Waals surface area contributed by atoms with Gasteiger partial charge in [-0.25, -0.2) is 0 Å². The summed E-state index contributed by atoms with van der Waals surface area (Å²) in [5.41, 5.74) is 2.45. The molecule has 1 fully saturated rings. The molecule has 1 amide bonds.